The molecule has 0 bridgehead atoms. The van der Waals surface area contributed by atoms with Crippen LogP contribution in [-0.2, 0) is 80.7 Å². The van der Waals surface area contributed by atoms with Crippen molar-refractivity contribution in [2.75, 3.05) is 99.6 Å². The molecule has 35 heteroatoms. The number of aliphatic hydroxyl groups is 16. The largest absolute Gasteiger partial charge is 0.459 e. The van der Waals surface area contributed by atoms with Gasteiger partial charge in [-0.3, -0.25) is 14.4 Å². The highest BCUT2D eigenvalue weighted by atomic mass is 16.7. The summed E-state index contributed by atoms with van der Waals surface area (Å²) in [6, 6.07) is -1.92. The molecule has 0 aromatic carbocycles. The van der Waals surface area contributed by atoms with E-state index < -0.39 is 257 Å². The van der Waals surface area contributed by atoms with Gasteiger partial charge in [0.25, 0.3) is 0 Å². The molecular formula is C59H102N2O33. The summed E-state index contributed by atoms with van der Waals surface area (Å²) in [7, 11) is 1.33. The number of hydrogen-bond acceptors (Lipinski definition) is 33. The van der Waals surface area contributed by atoms with Gasteiger partial charge in [0.1, 0.15) is 110 Å². The molecular weight excluding hydrogens is 1260 g/mol. The van der Waals surface area contributed by atoms with Crippen molar-refractivity contribution >= 4 is 17.8 Å². The summed E-state index contributed by atoms with van der Waals surface area (Å²) < 4.78 is 83.2. The van der Waals surface area contributed by atoms with E-state index in [1.807, 2.05) is 6.92 Å². The summed E-state index contributed by atoms with van der Waals surface area (Å²) >= 11 is 0. The highest BCUT2D eigenvalue weighted by Crippen LogP contribution is 2.41. The Morgan fingerprint density at radius 2 is 0.883 bits per heavy atom. The van der Waals surface area contributed by atoms with Gasteiger partial charge in [0.05, 0.1) is 159 Å². The van der Waals surface area contributed by atoms with Gasteiger partial charge in [-0.1, -0.05) is 6.92 Å². The third-order valence-electron chi connectivity index (χ3n) is 19.1. The van der Waals surface area contributed by atoms with Gasteiger partial charge >= 0.3 is 5.97 Å². The van der Waals surface area contributed by atoms with Gasteiger partial charge in [-0.15, -0.1) is 0 Å². The van der Waals surface area contributed by atoms with E-state index in [2.05, 4.69) is 10.6 Å². The van der Waals surface area contributed by atoms with Crippen LogP contribution in [0.3, 0.4) is 0 Å². The van der Waals surface area contributed by atoms with Crippen molar-refractivity contribution < 1.29 is 162 Å². The first-order valence-electron chi connectivity index (χ1n) is 32.0. The highest BCUT2D eigenvalue weighted by Gasteiger charge is 2.54. The lowest BCUT2D eigenvalue weighted by molar-refractivity contribution is -0.344. The van der Waals surface area contributed by atoms with E-state index in [1.165, 1.54) is 21.0 Å². The SMILES string of the molecule is CCC1OC(CO)C(CC2OC(C)C(O)C(O)C2COCC2OC(CO)C(O)C(O)C2NC(C)=O)C(COCC2OC(CO)C(COCC3OCC(O)C(COCC4OC(COC)C(O)C(O)C4OC4OC(CO)C(O)C(O)C4O)C3OC(C)=O)C(O)C2O)C1NC(C)=O. The van der Waals surface area contributed by atoms with Gasteiger partial charge in [0.2, 0.25) is 11.8 Å². The lowest BCUT2D eigenvalue weighted by atomic mass is 9.72. The summed E-state index contributed by atoms with van der Waals surface area (Å²) in [6.45, 7) is 1.13. The maximum atomic E-state index is 12.9. The molecule has 0 spiro atoms. The standard InChI is InChI=1S/C59H102N2O33/c1-7-33-44(60-24(3)66)28(27(35(9-62)89-33)8-34-30(47(71)46(70)23(2)87-34)15-84-19-39-45(61-25(4)67)53(77)49(73)37(11-64)91-39)13-82-20-41-51(75)48(72)31(36(10-63)90-41)16-85-21-42-57(88-26(5)68)29(32(69)17-86-42)14-83-22-43-58(55(79)52(76)40(92-43)18-81-6)94-59-56(80)54(78)50(74)38(12-65)93-59/h23,27-59,62-65,69-80H,7-22H2,1-6H3,(H,60,66)(H,61,67). The van der Waals surface area contributed by atoms with Crippen molar-refractivity contribution in [1.29, 1.82) is 0 Å². The molecule has 0 aromatic heterocycles. The summed E-state index contributed by atoms with van der Waals surface area (Å²) in [5.74, 6) is -6.26. The molecule has 94 heavy (non-hydrogen) atoms. The fourth-order valence-corrected chi connectivity index (χ4v) is 13.9. The summed E-state index contributed by atoms with van der Waals surface area (Å²) in [5.41, 5.74) is 0. The fourth-order valence-electron chi connectivity index (χ4n) is 13.9. The average Bonchev–Trinajstić information content (AvgIpc) is 0.819. The van der Waals surface area contributed by atoms with E-state index in [-0.39, 0.29) is 65.9 Å². The minimum Gasteiger partial charge on any atom is -0.459 e. The molecule has 7 heterocycles. The monoisotopic (exact) mass is 1370 g/mol. The third kappa shape index (κ3) is 19.0. The Kier molecular flexibility index (Phi) is 30.6. The Bertz CT molecular complexity index is 2290. The van der Waals surface area contributed by atoms with E-state index in [1.54, 1.807) is 6.92 Å². The van der Waals surface area contributed by atoms with Crippen molar-refractivity contribution in [3.05, 3.63) is 0 Å². The predicted octanol–water partition coefficient (Wildman–Crippen LogP) is -9.81. The Balaban J connectivity index is 0.985. The maximum Gasteiger partial charge on any atom is 0.303 e. The quantitative estimate of drug-likeness (QED) is 0.0297. The van der Waals surface area contributed by atoms with E-state index >= 15 is 0 Å². The highest BCUT2D eigenvalue weighted by molar-refractivity contribution is 5.73. The number of amides is 2. The first-order chi connectivity index (χ1) is 44.7. The van der Waals surface area contributed by atoms with Crippen LogP contribution in [0.1, 0.15) is 47.5 Å². The number of nitrogens with one attached hydrogen (secondary N) is 2. The average molecular weight is 1370 g/mol. The third-order valence-corrected chi connectivity index (χ3v) is 19.1. The normalized spacial score (nSPS) is 45.4. The van der Waals surface area contributed by atoms with Crippen LogP contribution in [0, 0.1) is 29.6 Å². The van der Waals surface area contributed by atoms with Crippen molar-refractivity contribution in [3.8, 4) is 0 Å². The molecule has 0 radical (unpaired) electrons. The Hall–Kier alpha value is -2.75. The lowest BCUT2D eigenvalue weighted by Crippen LogP contribution is -2.65. The molecule has 7 fully saturated rings. The topological polar surface area (TPSA) is 528 Å². The Morgan fingerprint density at radius 1 is 0.415 bits per heavy atom. The van der Waals surface area contributed by atoms with Crippen molar-refractivity contribution in [3.63, 3.8) is 0 Å². The van der Waals surface area contributed by atoms with Crippen LogP contribution >= 0.6 is 0 Å². The van der Waals surface area contributed by atoms with Crippen LogP contribution in [0.25, 0.3) is 0 Å². The molecule has 546 valence electrons. The number of esters is 1. The summed E-state index contributed by atoms with van der Waals surface area (Å²) in [6.07, 6.45) is -36.5. The summed E-state index contributed by atoms with van der Waals surface area (Å²) in [4.78, 5) is 37.6. The molecule has 2 amide bonds. The minimum absolute atomic E-state index is 0.0116. The molecule has 18 N–H and O–H groups in total. The Morgan fingerprint density at radius 3 is 1.48 bits per heavy atom. The first-order valence-corrected chi connectivity index (χ1v) is 32.0. The molecule has 0 aliphatic carbocycles. The van der Waals surface area contributed by atoms with Crippen LogP contribution in [0.5, 0.6) is 0 Å². The molecule has 0 aromatic rings. The maximum absolute atomic E-state index is 12.9. The molecule has 0 saturated carbocycles. The number of carbonyl (C=O) groups is 3. The van der Waals surface area contributed by atoms with E-state index in [4.69, 9.17) is 66.3 Å². The zero-order chi connectivity index (χ0) is 69.0. The predicted molar refractivity (Wildman–Crippen MR) is 311 cm³/mol. The van der Waals surface area contributed by atoms with Gasteiger partial charge < -0.3 is 159 Å². The number of rotatable bonds is 30. The molecule has 7 saturated heterocycles. The molecule has 7 rings (SSSR count). The number of ether oxygens (including phenoxy) is 14. The molecule has 7 aliphatic heterocycles. The minimum atomic E-state index is -1.89. The number of carbonyl (C=O) groups excluding carboxylic acids is 3. The number of methoxy groups -OCH3 is 1. The van der Waals surface area contributed by atoms with Gasteiger partial charge in [0, 0.05) is 45.6 Å². The van der Waals surface area contributed by atoms with Crippen LogP contribution in [0.2, 0.25) is 0 Å². The molecule has 34 unspecified atom stereocenters. The number of hydrogen-bond donors (Lipinski definition) is 18. The van der Waals surface area contributed by atoms with Gasteiger partial charge in [-0.25, -0.2) is 0 Å². The lowest BCUT2D eigenvalue weighted by Gasteiger charge is -2.50. The molecule has 34 atom stereocenters. The van der Waals surface area contributed by atoms with E-state index in [0.717, 1.165) is 6.92 Å². The first kappa shape index (κ1) is 78.6. The Labute approximate surface area is 543 Å². The molecule has 7 aliphatic rings. The van der Waals surface area contributed by atoms with Crippen LogP contribution in [0.15, 0.2) is 0 Å². The van der Waals surface area contributed by atoms with Gasteiger partial charge in [0.15, 0.2) is 6.29 Å². The van der Waals surface area contributed by atoms with Gasteiger partial charge in [-0.2, -0.15) is 0 Å². The second-order valence-electron chi connectivity index (χ2n) is 25.5. The van der Waals surface area contributed by atoms with Crippen LogP contribution in [0.4, 0.5) is 0 Å². The van der Waals surface area contributed by atoms with Crippen LogP contribution < -0.4 is 10.6 Å². The zero-order valence-corrected chi connectivity index (χ0v) is 53.5. The van der Waals surface area contributed by atoms with E-state index in [0.29, 0.717) is 6.42 Å². The van der Waals surface area contributed by atoms with Crippen molar-refractivity contribution in [2.45, 2.75) is 225 Å². The molecule has 35 nitrogen and oxygen atoms in total. The van der Waals surface area contributed by atoms with Crippen LogP contribution in [-0.4, -0.2) is 376 Å². The second-order valence-corrected chi connectivity index (χ2v) is 25.5. The summed E-state index contributed by atoms with van der Waals surface area (Å²) in [5, 5.41) is 179. The van der Waals surface area contributed by atoms with Crippen molar-refractivity contribution in [1.82, 2.24) is 10.6 Å². The zero-order valence-electron chi connectivity index (χ0n) is 53.5. The van der Waals surface area contributed by atoms with Crippen molar-refractivity contribution in [2.24, 2.45) is 29.6 Å². The number of aliphatic hydroxyl groups excluding tert-OH is 16. The van der Waals surface area contributed by atoms with Gasteiger partial charge in [-0.05, 0) is 25.7 Å². The fraction of sp³-hybridized carbons (Fsp3) is 0.949. The smallest absolute Gasteiger partial charge is 0.303 e. The second kappa shape index (κ2) is 36.5. The van der Waals surface area contributed by atoms with E-state index in [9.17, 15) is 96.1 Å².